The largest absolute Gasteiger partial charge is 0.394 e. The highest BCUT2D eigenvalue weighted by molar-refractivity contribution is 4.94. The first-order valence-corrected chi connectivity index (χ1v) is 7.19. The van der Waals surface area contributed by atoms with Gasteiger partial charge in [-0.15, -0.1) is 0 Å². The summed E-state index contributed by atoms with van der Waals surface area (Å²) in [6.45, 7) is -1.60. The summed E-state index contributed by atoms with van der Waals surface area (Å²) in [6, 6.07) is 0. The quantitative estimate of drug-likeness (QED) is 0.215. The zero-order chi connectivity index (χ0) is 18.2. The van der Waals surface area contributed by atoms with Crippen LogP contribution in [0.15, 0.2) is 0 Å². The Morgan fingerprint density at radius 3 is 1.83 bits per heavy atom. The van der Waals surface area contributed by atoms with Crippen LogP contribution in [0.1, 0.15) is 0 Å². The lowest BCUT2D eigenvalue weighted by Crippen LogP contribution is -2.69. The van der Waals surface area contributed by atoms with Crippen molar-refractivity contribution in [2.75, 3.05) is 13.2 Å². The molecule has 0 saturated carbocycles. The van der Waals surface area contributed by atoms with Gasteiger partial charge in [0, 0.05) is 0 Å². The van der Waals surface area contributed by atoms with Gasteiger partial charge >= 0.3 is 5.97 Å². The van der Waals surface area contributed by atoms with Crippen LogP contribution in [0.5, 0.6) is 0 Å². The Morgan fingerprint density at radius 2 is 1.29 bits per heavy atom. The van der Waals surface area contributed by atoms with Crippen LogP contribution in [0.25, 0.3) is 0 Å². The van der Waals surface area contributed by atoms with E-state index in [4.69, 9.17) is 24.4 Å². The van der Waals surface area contributed by atoms with E-state index >= 15 is 0 Å². The summed E-state index contributed by atoms with van der Waals surface area (Å²) in [5.74, 6) is -3.01. The molecule has 0 spiro atoms. The molecule has 0 aromatic rings. The Kier molecular flexibility index (Phi) is 6.12. The molecule has 0 bridgehead atoms. The maximum atomic E-state index is 10.2. The second kappa shape index (κ2) is 7.41. The molecule has 24 heavy (non-hydrogen) atoms. The van der Waals surface area contributed by atoms with Crippen LogP contribution in [-0.4, -0.2) is 120 Å². The van der Waals surface area contributed by atoms with Crippen molar-refractivity contribution in [1.82, 2.24) is 0 Å². The van der Waals surface area contributed by atoms with Crippen LogP contribution in [0, 0.1) is 0 Å². The molecule has 2 fully saturated rings. The average Bonchev–Trinajstić information content (AvgIpc) is 2.57. The topological polar surface area (TPSA) is 210 Å². The highest BCUT2D eigenvalue weighted by Crippen LogP contribution is 2.33. The van der Waals surface area contributed by atoms with E-state index in [1.807, 2.05) is 0 Å². The van der Waals surface area contributed by atoms with E-state index in [1.165, 1.54) is 0 Å². The van der Waals surface area contributed by atoms with Crippen molar-refractivity contribution in [3.8, 4) is 0 Å². The Morgan fingerprint density at radius 1 is 0.750 bits per heavy atom. The van der Waals surface area contributed by atoms with Crippen molar-refractivity contribution < 1.29 is 60.2 Å². The van der Waals surface area contributed by atoms with Crippen LogP contribution in [0.4, 0.5) is 0 Å². The van der Waals surface area contributed by atoms with Gasteiger partial charge in [-0.2, -0.15) is 0 Å². The van der Waals surface area contributed by atoms with Gasteiger partial charge in [-0.1, -0.05) is 0 Å². The van der Waals surface area contributed by atoms with Crippen LogP contribution in [0.2, 0.25) is 0 Å². The predicted octanol–water partition coefficient (Wildman–Crippen LogP) is -6.08. The van der Waals surface area contributed by atoms with Crippen molar-refractivity contribution in [3.05, 3.63) is 0 Å². The fraction of sp³-hybridized carbons (Fsp3) is 1.00. The molecule has 2 saturated heterocycles. The lowest BCUT2D eigenvalue weighted by Gasteiger charge is -2.48. The number of hydrogen-bond donors (Lipinski definition) is 9. The Labute approximate surface area is 135 Å². The van der Waals surface area contributed by atoms with Crippen molar-refractivity contribution in [1.29, 1.82) is 0 Å². The molecule has 10 atom stereocenters. The molecule has 142 valence electrons. The highest BCUT2D eigenvalue weighted by Gasteiger charge is 2.57. The first-order valence-electron chi connectivity index (χ1n) is 7.19. The van der Waals surface area contributed by atoms with E-state index in [0.29, 0.717) is 0 Å². The highest BCUT2D eigenvalue weighted by atomic mass is 16.9. The molecule has 2 heterocycles. The molecular weight excluding hydrogens is 336 g/mol. The molecule has 9 N–H and O–H groups in total. The number of aliphatic hydroxyl groups excluding tert-OH is 8. The molecule has 2 aliphatic heterocycles. The summed E-state index contributed by atoms with van der Waals surface area (Å²) >= 11 is 0. The summed E-state index contributed by atoms with van der Waals surface area (Å²) in [7, 11) is 0. The van der Waals surface area contributed by atoms with Crippen LogP contribution in [-0.2, 0) is 14.2 Å². The fourth-order valence-corrected chi connectivity index (χ4v) is 2.55. The first kappa shape index (κ1) is 19.8. The number of aliphatic hydroxyl groups is 9. The van der Waals surface area contributed by atoms with Gasteiger partial charge in [-0.05, 0) is 0 Å². The number of rotatable bonds is 4. The van der Waals surface area contributed by atoms with Crippen LogP contribution in [0.3, 0.4) is 0 Å². The van der Waals surface area contributed by atoms with Gasteiger partial charge in [0.25, 0.3) is 0 Å². The normalized spacial score (nSPS) is 53.1. The summed E-state index contributed by atoms with van der Waals surface area (Å²) in [4.78, 5) is 0. The third-order valence-corrected chi connectivity index (χ3v) is 4.06. The molecule has 0 aromatic heterocycles. The molecular formula is C12H22O12. The predicted molar refractivity (Wildman–Crippen MR) is 69.8 cm³/mol. The number of ether oxygens (including phenoxy) is 3. The average molecular weight is 358 g/mol. The minimum Gasteiger partial charge on any atom is -0.394 e. The van der Waals surface area contributed by atoms with Crippen molar-refractivity contribution in [2.24, 2.45) is 0 Å². The second-order valence-corrected chi connectivity index (χ2v) is 5.71. The van der Waals surface area contributed by atoms with Gasteiger partial charge in [0.2, 0.25) is 0 Å². The van der Waals surface area contributed by atoms with E-state index in [9.17, 15) is 35.7 Å². The molecule has 0 radical (unpaired) electrons. The van der Waals surface area contributed by atoms with Crippen molar-refractivity contribution in [3.63, 3.8) is 0 Å². The molecule has 0 aliphatic carbocycles. The number of hydrogen-bond acceptors (Lipinski definition) is 12. The van der Waals surface area contributed by atoms with Crippen LogP contribution < -0.4 is 0 Å². The lowest BCUT2D eigenvalue weighted by molar-refractivity contribution is -0.488. The SMILES string of the molecule is OC[C@@H]1O[C@@H](OC2(O)O[C@@H](CO)[C@H](O)[C@@H](O)[C@H]2O)[C@H](O)[C@H](O)[C@H]1O. The van der Waals surface area contributed by atoms with Gasteiger partial charge in [-0.3, -0.25) is 4.74 Å². The molecule has 2 aliphatic rings. The van der Waals surface area contributed by atoms with E-state index in [0.717, 1.165) is 0 Å². The van der Waals surface area contributed by atoms with Gasteiger partial charge in [0.1, 0.15) is 42.7 Å². The third kappa shape index (κ3) is 3.41. The fourth-order valence-electron chi connectivity index (χ4n) is 2.55. The smallest absolute Gasteiger partial charge is 0.313 e. The van der Waals surface area contributed by atoms with E-state index in [1.54, 1.807) is 0 Å². The molecule has 1 unspecified atom stereocenters. The van der Waals surface area contributed by atoms with Crippen LogP contribution >= 0.6 is 0 Å². The maximum absolute atomic E-state index is 10.2. The van der Waals surface area contributed by atoms with Gasteiger partial charge < -0.3 is 55.4 Å². The lowest BCUT2D eigenvalue weighted by atomic mass is 9.97. The Hall–Kier alpha value is -0.480. The standard InChI is InChI=1S/C12H22O12/c13-1-3-5(15)7(17)9(19)11(22-3)24-12(21)10(20)8(18)6(16)4(2-14)23-12/h3-11,13-21H,1-2H2/t3-,4-,5-,6-,7+,8+,9+,10+,11-,12?/m0/s1. The Balaban J connectivity index is 2.18. The molecule has 2 rings (SSSR count). The third-order valence-electron chi connectivity index (χ3n) is 4.06. The molecule has 0 aromatic carbocycles. The minimum atomic E-state index is -3.01. The van der Waals surface area contributed by atoms with E-state index in [-0.39, 0.29) is 0 Å². The van der Waals surface area contributed by atoms with E-state index < -0.39 is 74.3 Å². The summed E-state index contributed by atoms with van der Waals surface area (Å²) in [5.41, 5.74) is 0. The second-order valence-electron chi connectivity index (χ2n) is 5.71. The van der Waals surface area contributed by atoms with Gasteiger partial charge in [0.15, 0.2) is 12.4 Å². The molecule has 12 heteroatoms. The minimum absolute atomic E-state index is 0.757. The summed E-state index contributed by atoms with van der Waals surface area (Å²) in [5, 5.41) is 86.7. The first-order chi connectivity index (χ1) is 11.2. The molecule has 0 amide bonds. The van der Waals surface area contributed by atoms with Crippen molar-refractivity contribution >= 4 is 0 Å². The zero-order valence-electron chi connectivity index (χ0n) is 12.4. The van der Waals surface area contributed by atoms with Crippen molar-refractivity contribution in [2.45, 2.75) is 61.1 Å². The van der Waals surface area contributed by atoms with E-state index in [2.05, 4.69) is 0 Å². The van der Waals surface area contributed by atoms with Gasteiger partial charge in [-0.25, -0.2) is 0 Å². The monoisotopic (exact) mass is 358 g/mol. The summed E-state index contributed by atoms with van der Waals surface area (Å²) < 4.78 is 14.7. The summed E-state index contributed by atoms with van der Waals surface area (Å²) in [6.07, 6.45) is -16.1. The maximum Gasteiger partial charge on any atom is 0.313 e. The van der Waals surface area contributed by atoms with Gasteiger partial charge in [0.05, 0.1) is 13.2 Å². The molecule has 12 nitrogen and oxygen atoms in total. The Bertz CT molecular complexity index is 419. The zero-order valence-corrected chi connectivity index (χ0v) is 12.4.